The minimum Gasteiger partial charge on any atom is -0.369 e. The summed E-state index contributed by atoms with van der Waals surface area (Å²) in [7, 11) is 0. The number of piperidine rings is 1. The minimum atomic E-state index is -0.407. The first-order valence-electron chi connectivity index (χ1n) is 9.80. The smallest absolute Gasteiger partial charge is 0.171 e. The third-order valence-electron chi connectivity index (χ3n) is 5.82. The van der Waals surface area contributed by atoms with Crippen LogP contribution in [0, 0.1) is 11.3 Å². The van der Waals surface area contributed by atoms with E-state index in [1.54, 1.807) is 0 Å². The average Bonchev–Trinajstić information content (AvgIpc) is 3.23. The Morgan fingerprint density at radius 1 is 1.03 bits per heavy atom. The molecule has 0 radical (unpaired) electrons. The van der Waals surface area contributed by atoms with Gasteiger partial charge in [-0.15, -0.1) is 0 Å². The molecule has 0 amide bonds. The second kappa shape index (κ2) is 7.31. The molecular formula is C23H20ClN3O2. The van der Waals surface area contributed by atoms with Crippen LogP contribution >= 0.6 is 11.6 Å². The summed E-state index contributed by atoms with van der Waals surface area (Å²) in [6.07, 6.45) is 3.52. The molecule has 2 aliphatic heterocycles. The van der Waals surface area contributed by atoms with Crippen molar-refractivity contribution in [1.82, 2.24) is 4.98 Å². The molecule has 2 saturated heterocycles. The van der Waals surface area contributed by atoms with Crippen LogP contribution in [0.1, 0.15) is 18.4 Å². The summed E-state index contributed by atoms with van der Waals surface area (Å²) >= 11 is 6.85. The van der Waals surface area contributed by atoms with Crippen molar-refractivity contribution in [3.8, 4) is 17.2 Å². The van der Waals surface area contributed by atoms with Crippen LogP contribution in [0.4, 0.5) is 5.69 Å². The van der Waals surface area contributed by atoms with E-state index in [2.05, 4.69) is 11.0 Å². The highest BCUT2D eigenvalue weighted by molar-refractivity contribution is 6.38. The standard InChI is InChI=1S/C23H20ClN3O2/c24-21-19-3-1-2-18(17-6-4-16(14-25)5-7-17)22(19)26-15-20(21)27-10-8-23(9-11-27)28-12-13-29-23/h1-7,15H,8-13H2. The van der Waals surface area contributed by atoms with Crippen LogP contribution in [0.3, 0.4) is 0 Å². The molecule has 6 heteroatoms. The van der Waals surface area contributed by atoms with Crippen LogP contribution in [0.2, 0.25) is 5.02 Å². The zero-order valence-electron chi connectivity index (χ0n) is 15.9. The topological polar surface area (TPSA) is 58.4 Å². The highest BCUT2D eigenvalue weighted by Crippen LogP contribution is 2.39. The number of anilines is 1. The number of hydrogen-bond donors (Lipinski definition) is 0. The molecule has 2 aromatic carbocycles. The number of ether oxygens (including phenoxy) is 2. The SMILES string of the molecule is N#Cc1ccc(-c2cccc3c(Cl)c(N4CCC5(CC4)OCCO5)cnc23)cc1. The maximum Gasteiger partial charge on any atom is 0.171 e. The molecule has 0 N–H and O–H groups in total. The number of halogens is 1. The third kappa shape index (κ3) is 3.24. The van der Waals surface area contributed by atoms with Crippen LogP contribution in [-0.2, 0) is 9.47 Å². The van der Waals surface area contributed by atoms with Crippen molar-refractivity contribution in [2.24, 2.45) is 0 Å². The van der Waals surface area contributed by atoms with Gasteiger partial charge in [-0.2, -0.15) is 5.26 Å². The highest BCUT2D eigenvalue weighted by atomic mass is 35.5. The first kappa shape index (κ1) is 18.4. The van der Waals surface area contributed by atoms with E-state index in [1.165, 1.54) is 0 Å². The molecule has 1 aromatic heterocycles. The van der Waals surface area contributed by atoms with E-state index in [0.717, 1.165) is 58.7 Å². The molecule has 0 saturated carbocycles. The molecule has 0 bridgehead atoms. The lowest BCUT2D eigenvalue weighted by atomic mass is 10.00. The Morgan fingerprint density at radius 2 is 1.76 bits per heavy atom. The summed E-state index contributed by atoms with van der Waals surface area (Å²) in [4.78, 5) is 7.03. The predicted molar refractivity (Wildman–Crippen MR) is 113 cm³/mol. The van der Waals surface area contributed by atoms with E-state index in [4.69, 9.17) is 31.3 Å². The molecule has 146 valence electrons. The minimum absolute atomic E-state index is 0.407. The van der Waals surface area contributed by atoms with Gasteiger partial charge in [0.25, 0.3) is 0 Å². The Morgan fingerprint density at radius 3 is 2.45 bits per heavy atom. The van der Waals surface area contributed by atoms with Crippen molar-refractivity contribution in [3.63, 3.8) is 0 Å². The van der Waals surface area contributed by atoms with Crippen molar-refractivity contribution in [3.05, 3.63) is 59.2 Å². The van der Waals surface area contributed by atoms with Gasteiger partial charge in [0, 0.05) is 36.9 Å². The van der Waals surface area contributed by atoms with Crippen LogP contribution in [-0.4, -0.2) is 37.1 Å². The van der Waals surface area contributed by atoms with E-state index < -0.39 is 5.79 Å². The lowest BCUT2D eigenvalue weighted by Gasteiger charge is -2.38. The number of rotatable bonds is 2. The van der Waals surface area contributed by atoms with E-state index in [0.29, 0.717) is 18.8 Å². The quantitative estimate of drug-likeness (QED) is 0.614. The first-order valence-corrected chi connectivity index (χ1v) is 10.2. The monoisotopic (exact) mass is 405 g/mol. The largest absolute Gasteiger partial charge is 0.369 e. The van der Waals surface area contributed by atoms with Gasteiger partial charge >= 0.3 is 0 Å². The fourth-order valence-electron chi connectivity index (χ4n) is 4.23. The van der Waals surface area contributed by atoms with Gasteiger partial charge in [-0.25, -0.2) is 0 Å². The predicted octanol–water partition coefficient (Wildman–Crippen LogP) is 4.77. The molecule has 3 aromatic rings. The zero-order chi connectivity index (χ0) is 19.8. The molecule has 5 nitrogen and oxygen atoms in total. The van der Waals surface area contributed by atoms with Crippen molar-refractivity contribution in [2.45, 2.75) is 18.6 Å². The van der Waals surface area contributed by atoms with Gasteiger partial charge in [-0.3, -0.25) is 4.98 Å². The highest BCUT2D eigenvalue weighted by Gasteiger charge is 2.40. The molecule has 5 rings (SSSR count). The number of hydrogen-bond acceptors (Lipinski definition) is 5. The normalized spacial score (nSPS) is 18.3. The van der Waals surface area contributed by atoms with E-state index in [-0.39, 0.29) is 0 Å². The Kier molecular flexibility index (Phi) is 4.63. The molecule has 1 spiro atoms. The van der Waals surface area contributed by atoms with Crippen LogP contribution in [0.15, 0.2) is 48.7 Å². The van der Waals surface area contributed by atoms with Gasteiger partial charge < -0.3 is 14.4 Å². The summed E-state index contributed by atoms with van der Waals surface area (Å²) in [6, 6.07) is 15.7. The second-order valence-electron chi connectivity index (χ2n) is 7.44. The van der Waals surface area contributed by atoms with Crippen LogP contribution < -0.4 is 4.90 Å². The number of pyridine rings is 1. The summed E-state index contributed by atoms with van der Waals surface area (Å²) < 4.78 is 11.7. The third-order valence-corrected chi connectivity index (χ3v) is 6.22. The second-order valence-corrected chi connectivity index (χ2v) is 7.82. The molecular weight excluding hydrogens is 386 g/mol. The van der Waals surface area contributed by atoms with Gasteiger partial charge in [-0.1, -0.05) is 41.9 Å². The number of para-hydroxylation sites is 1. The number of benzene rings is 2. The number of aromatic nitrogens is 1. The summed E-state index contributed by atoms with van der Waals surface area (Å²) in [6.45, 7) is 3.00. The van der Waals surface area contributed by atoms with Gasteiger partial charge in [0.05, 0.1) is 47.3 Å². The first-order chi connectivity index (χ1) is 14.2. The molecule has 0 atom stereocenters. The Labute approximate surface area is 174 Å². The fourth-order valence-corrected chi connectivity index (χ4v) is 4.55. The molecule has 0 aliphatic carbocycles. The van der Waals surface area contributed by atoms with Crippen molar-refractivity contribution in [1.29, 1.82) is 5.26 Å². The summed E-state index contributed by atoms with van der Waals surface area (Å²) in [5, 5.41) is 10.7. The van der Waals surface area contributed by atoms with Gasteiger partial charge in [-0.05, 0) is 17.7 Å². The van der Waals surface area contributed by atoms with E-state index in [9.17, 15) is 0 Å². The van der Waals surface area contributed by atoms with Crippen LogP contribution in [0.5, 0.6) is 0 Å². The van der Waals surface area contributed by atoms with E-state index in [1.807, 2.05) is 48.7 Å². The average molecular weight is 406 g/mol. The fraction of sp³-hybridized carbons (Fsp3) is 0.304. The van der Waals surface area contributed by atoms with Crippen molar-refractivity contribution in [2.75, 3.05) is 31.2 Å². The maximum atomic E-state index is 9.03. The van der Waals surface area contributed by atoms with Gasteiger partial charge in [0.2, 0.25) is 0 Å². The van der Waals surface area contributed by atoms with Crippen molar-refractivity contribution < 1.29 is 9.47 Å². The van der Waals surface area contributed by atoms with Gasteiger partial charge in [0.1, 0.15) is 0 Å². The zero-order valence-corrected chi connectivity index (χ0v) is 16.7. The molecule has 0 unspecified atom stereocenters. The number of nitrogens with zero attached hydrogens (tertiary/aromatic N) is 3. The van der Waals surface area contributed by atoms with Crippen molar-refractivity contribution >= 4 is 28.2 Å². The van der Waals surface area contributed by atoms with Gasteiger partial charge in [0.15, 0.2) is 5.79 Å². The molecule has 2 aliphatic rings. The number of fused-ring (bicyclic) bond motifs is 1. The molecule has 3 heterocycles. The Hall–Kier alpha value is -2.65. The number of nitriles is 1. The summed E-state index contributed by atoms with van der Waals surface area (Å²) in [5.41, 5.74) is 4.47. The molecule has 2 fully saturated rings. The lowest BCUT2D eigenvalue weighted by molar-refractivity contribution is -0.169. The molecule has 29 heavy (non-hydrogen) atoms. The Balaban J connectivity index is 1.48. The maximum absolute atomic E-state index is 9.03. The summed E-state index contributed by atoms with van der Waals surface area (Å²) in [5.74, 6) is -0.407. The van der Waals surface area contributed by atoms with E-state index >= 15 is 0 Å². The lowest BCUT2D eigenvalue weighted by Crippen LogP contribution is -2.45. The Bertz CT molecular complexity index is 1090. The van der Waals surface area contributed by atoms with Crippen LogP contribution in [0.25, 0.3) is 22.0 Å².